The van der Waals surface area contributed by atoms with Gasteiger partial charge in [-0.1, -0.05) is 0 Å². The summed E-state index contributed by atoms with van der Waals surface area (Å²) in [6, 6.07) is 1.72. The van der Waals surface area contributed by atoms with Gasteiger partial charge in [-0.05, 0) is 11.3 Å². The maximum Gasteiger partial charge on any atom is 0.484 e. The van der Waals surface area contributed by atoms with Gasteiger partial charge in [0.1, 0.15) is 0 Å². The van der Waals surface area contributed by atoms with Crippen LogP contribution >= 0.6 is 0 Å². The number of aromatic nitrogens is 3. The van der Waals surface area contributed by atoms with Crippen molar-refractivity contribution >= 4 is 9.65 Å². The first-order valence-corrected chi connectivity index (χ1v) is 3.06. The van der Waals surface area contributed by atoms with Gasteiger partial charge in [-0.2, -0.15) is 0 Å². The molecular weight excluding hydrogens is 138 g/mol. The molecule has 0 aliphatic rings. The zero-order valence-corrected chi connectivity index (χ0v) is 5.66. The van der Waals surface area contributed by atoms with Crippen LogP contribution in [0.3, 0.4) is 0 Å². The lowest BCUT2D eigenvalue weighted by atomic mass is 10.7. The van der Waals surface area contributed by atoms with Crippen LogP contribution in [0.1, 0.15) is 0 Å². The second-order valence-electron chi connectivity index (χ2n) is 0.916. The number of hydrogen-bond acceptors (Lipinski definition) is 4. The molecule has 1 aromatic heterocycles. The molecule has 1 N–H and O–H groups in total. The molecule has 0 aliphatic heterocycles. The molecule has 0 radical (unpaired) electrons. The number of nitrogens with zero attached hydrogens (tertiary/aromatic N) is 3. The zero-order valence-electron chi connectivity index (χ0n) is 4.51. The summed E-state index contributed by atoms with van der Waals surface area (Å²) in [5.74, 6) is 0. The maximum absolute atomic E-state index is 8.57. The molecule has 0 unspecified atom stereocenters. The topological polar surface area (TPSA) is 76.0 Å². The van der Waals surface area contributed by atoms with Crippen molar-refractivity contribution in [3.63, 3.8) is 0 Å². The fourth-order valence-electron chi connectivity index (χ4n) is 0.205. The highest BCUT2D eigenvalue weighted by Gasteiger charge is 1.60. The van der Waals surface area contributed by atoms with Gasteiger partial charge in [0, 0.05) is 0 Å². The minimum absolute atomic E-state index is 1.50. The van der Waals surface area contributed by atoms with Crippen LogP contribution in [0, 0.1) is 0 Å². The lowest BCUT2D eigenvalue weighted by molar-refractivity contribution is 0.478. The van der Waals surface area contributed by atoms with E-state index in [2.05, 4.69) is 15.4 Å². The third kappa shape index (κ3) is 6.83. The Morgan fingerprint density at radius 2 is 1.78 bits per heavy atom. The predicted molar refractivity (Wildman–Crippen MR) is 29.9 cm³/mol. The van der Waals surface area contributed by atoms with Gasteiger partial charge in [-0.15, -0.1) is 10.2 Å². The summed E-state index contributed by atoms with van der Waals surface area (Å²) < 4.78 is 8.57. The van der Waals surface area contributed by atoms with Crippen LogP contribution in [-0.4, -0.2) is 29.9 Å². The standard InChI is InChI=1S/C3H3N3.H2O2Si/c1-2-4-6-5-3-1;1-3-2/h1-3H;1,3H. The SMILES string of the molecule is O=[SiH]O.c1cnnnc1. The molecule has 0 saturated carbocycles. The van der Waals surface area contributed by atoms with E-state index in [0.717, 1.165) is 0 Å². The van der Waals surface area contributed by atoms with Crippen LogP contribution in [0.25, 0.3) is 0 Å². The molecule has 0 spiro atoms. The fourth-order valence-corrected chi connectivity index (χ4v) is 0.205. The fraction of sp³-hybridized carbons (Fsp3) is 0. The van der Waals surface area contributed by atoms with Crippen molar-refractivity contribution in [3.8, 4) is 0 Å². The minimum Gasteiger partial charge on any atom is -0.541 e. The first-order valence-electron chi connectivity index (χ1n) is 2.08. The molecule has 0 fully saturated rings. The van der Waals surface area contributed by atoms with Crippen molar-refractivity contribution in [3.05, 3.63) is 18.5 Å². The van der Waals surface area contributed by atoms with Gasteiger partial charge < -0.3 is 9.26 Å². The molecule has 0 aliphatic carbocycles. The molecule has 0 atom stereocenters. The molecule has 1 heterocycles. The molecule has 1 aromatic rings. The highest BCUT2D eigenvalue weighted by Crippen LogP contribution is 1.61. The Labute approximate surface area is 53.8 Å². The second-order valence-corrected chi connectivity index (χ2v) is 1.13. The smallest absolute Gasteiger partial charge is 0.484 e. The molecular formula is C3H5N3O2Si. The van der Waals surface area contributed by atoms with E-state index in [0.29, 0.717) is 0 Å². The van der Waals surface area contributed by atoms with E-state index in [-0.39, 0.29) is 0 Å². The second kappa shape index (κ2) is 6.83. The molecule has 0 bridgehead atoms. The molecule has 0 saturated heterocycles. The molecule has 6 heteroatoms. The first kappa shape index (κ1) is 7.83. The number of rotatable bonds is 0. The van der Waals surface area contributed by atoms with Crippen LogP contribution in [0.5, 0.6) is 0 Å². The van der Waals surface area contributed by atoms with Gasteiger partial charge in [0.15, 0.2) is 0 Å². The Balaban J connectivity index is 0.000000187. The zero-order chi connectivity index (χ0) is 6.95. The van der Waals surface area contributed by atoms with Crippen LogP contribution < -0.4 is 0 Å². The van der Waals surface area contributed by atoms with Gasteiger partial charge in [-0.25, -0.2) is 0 Å². The van der Waals surface area contributed by atoms with E-state index in [1.165, 1.54) is 0 Å². The Bertz CT molecular complexity index is 120. The van der Waals surface area contributed by atoms with Gasteiger partial charge in [-0.3, -0.25) is 0 Å². The van der Waals surface area contributed by atoms with Gasteiger partial charge in [0.05, 0.1) is 12.4 Å². The molecule has 5 nitrogen and oxygen atoms in total. The largest absolute Gasteiger partial charge is 0.541 e. The summed E-state index contributed by atoms with van der Waals surface area (Å²) in [6.07, 6.45) is 3.15. The molecule has 0 aromatic carbocycles. The summed E-state index contributed by atoms with van der Waals surface area (Å²) in [5, 5.41) is 10.1. The monoisotopic (exact) mass is 143 g/mol. The van der Waals surface area contributed by atoms with Crippen LogP contribution in [0.4, 0.5) is 0 Å². The van der Waals surface area contributed by atoms with E-state index in [9.17, 15) is 0 Å². The summed E-state index contributed by atoms with van der Waals surface area (Å²) in [5.41, 5.74) is 0. The van der Waals surface area contributed by atoms with Crippen LogP contribution in [-0.2, 0) is 4.46 Å². The summed E-state index contributed by atoms with van der Waals surface area (Å²) in [7, 11) is -1.50. The maximum atomic E-state index is 8.57. The first-order chi connectivity index (χ1) is 4.41. The Hall–Kier alpha value is -1.17. The Morgan fingerprint density at radius 1 is 1.33 bits per heavy atom. The van der Waals surface area contributed by atoms with Gasteiger partial charge >= 0.3 is 9.65 Å². The van der Waals surface area contributed by atoms with E-state index < -0.39 is 9.65 Å². The van der Waals surface area contributed by atoms with Gasteiger partial charge in [0.2, 0.25) is 0 Å². The predicted octanol–water partition coefficient (Wildman–Crippen LogP) is -1.45. The van der Waals surface area contributed by atoms with E-state index >= 15 is 0 Å². The van der Waals surface area contributed by atoms with Crippen molar-refractivity contribution in [2.75, 3.05) is 0 Å². The Morgan fingerprint density at radius 3 is 1.89 bits per heavy atom. The van der Waals surface area contributed by atoms with Crippen molar-refractivity contribution < 1.29 is 9.26 Å². The summed E-state index contributed by atoms with van der Waals surface area (Å²) in [4.78, 5) is 7.10. The Kier molecular flexibility index (Phi) is 5.94. The van der Waals surface area contributed by atoms with E-state index in [1.54, 1.807) is 18.5 Å². The van der Waals surface area contributed by atoms with Crippen molar-refractivity contribution in [1.29, 1.82) is 0 Å². The molecule has 1 rings (SSSR count). The summed E-state index contributed by atoms with van der Waals surface area (Å²) >= 11 is 0. The third-order valence-electron chi connectivity index (χ3n) is 0.409. The van der Waals surface area contributed by atoms with Gasteiger partial charge in [0.25, 0.3) is 0 Å². The van der Waals surface area contributed by atoms with Crippen LogP contribution in [0.2, 0.25) is 0 Å². The van der Waals surface area contributed by atoms with E-state index in [4.69, 9.17) is 9.26 Å². The van der Waals surface area contributed by atoms with E-state index in [1.807, 2.05) is 0 Å². The van der Waals surface area contributed by atoms with Crippen LogP contribution in [0.15, 0.2) is 18.5 Å². The van der Waals surface area contributed by atoms with Crippen molar-refractivity contribution in [1.82, 2.24) is 15.4 Å². The summed E-state index contributed by atoms with van der Waals surface area (Å²) in [6.45, 7) is 0. The third-order valence-corrected chi connectivity index (χ3v) is 0.409. The lowest BCUT2D eigenvalue weighted by Gasteiger charge is -1.68. The quantitative estimate of drug-likeness (QED) is 0.449. The molecule has 0 amide bonds. The minimum atomic E-state index is -1.50. The number of hydrogen-bond donors (Lipinski definition) is 1. The van der Waals surface area contributed by atoms with Crippen molar-refractivity contribution in [2.24, 2.45) is 0 Å². The molecule has 9 heavy (non-hydrogen) atoms. The lowest BCUT2D eigenvalue weighted by Crippen LogP contribution is -1.78. The average molecular weight is 143 g/mol. The highest BCUT2D eigenvalue weighted by molar-refractivity contribution is 6.04. The van der Waals surface area contributed by atoms with Crippen molar-refractivity contribution in [2.45, 2.75) is 0 Å². The average Bonchev–Trinajstić information content (AvgIpc) is 1.93. The normalized spacial score (nSPS) is 6.67. The highest BCUT2D eigenvalue weighted by atomic mass is 28.2. The molecule has 48 valence electrons.